The van der Waals surface area contributed by atoms with Gasteiger partial charge in [-0.25, -0.2) is 0 Å². The van der Waals surface area contributed by atoms with E-state index in [1.165, 1.54) is 24.8 Å². The first-order chi connectivity index (χ1) is 6.74. The minimum absolute atomic E-state index is 0.360. The summed E-state index contributed by atoms with van der Waals surface area (Å²) in [5.74, 6) is 0. The highest BCUT2D eigenvalue weighted by molar-refractivity contribution is 5.48. The molecule has 0 aromatic carbocycles. The molecule has 2 N–H and O–H groups in total. The molecular weight excluding hydrogens is 174 g/mol. The third-order valence-electron chi connectivity index (χ3n) is 2.68. The van der Waals surface area contributed by atoms with E-state index in [1.54, 1.807) is 0 Å². The largest absolute Gasteiger partial charge is 0.327 e. The Hall–Kier alpha value is -1.09. The number of hydrogen-bond acceptors (Lipinski definition) is 2. The fourth-order valence-electron chi connectivity index (χ4n) is 1.98. The zero-order valence-electron chi connectivity index (χ0n) is 8.61. The molecule has 0 spiro atoms. The third kappa shape index (κ3) is 2.23. The standard InChI is InChI=1S/C11H17N3/c1-14-6-5-11(13-14)8-9-3-2-4-10(12)7-9/h5-6,8,10H,2-4,7,12H2,1H3/b9-8-. The molecule has 1 saturated carbocycles. The zero-order chi connectivity index (χ0) is 9.97. The topological polar surface area (TPSA) is 43.8 Å². The van der Waals surface area contributed by atoms with E-state index in [0.29, 0.717) is 6.04 Å². The minimum Gasteiger partial charge on any atom is -0.327 e. The molecule has 14 heavy (non-hydrogen) atoms. The molecule has 0 radical (unpaired) electrons. The molecule has 1 atom stereocenters. The highest BCUT2D eigenvalue weighted by atomic mass is 15.2. The van der Waals surface area contributed by atoms with Crippen LogP contribution in [0.25, 0.3) is 6.08 Å². The molecule has 0 amide bonds. The van der Waals surface area contributed by atoms with Crippen LogP contribution in [0.15, 0.2) is 17.8 Å². The van der Waals surface area contributed by atoms with Crippen LogP contribution in [0.5, 0.6) is 0 Å². The maximum atomic E-state index is 5.92. The monoisotopic (exact) mass is 191 g/mol. The summed E-state index contributed by atoms with van der Waals surface area (Å²) in [5.41, 5.74) is 8.42. The number of nitrogens with two attached hydrogens (primary N) is 1. The lowest BCUT2D eigenvalue weighted by Crippen LogP contribution is -2.23. The molecule has 1 aliphatic rings. The summed E-state index contributed by atoms with van der Waals surface area (Å²) in [6.07, 6.45) is 8.76. The third-order valence-corrected chi connectivity index (χ3v) is 2.68. The fourth-order valence-corrected chi connectivity index (χ4v) is 1.98. The van der Waals surface area contributed by atoms with Gasteiger partial charge in [0.1, 0.15) is 0 Å². The normalized spacial score (nSPS) is 25.6. The molecular formula is C11H17N3. The molecule has 1 fully saturated rings. The van der Waals surface area contributed by atoms with Crippen molar-refractivity contribution in [3.05, 3.63) is 23.5 Å². The zero-order valence-corrected chi connectivity index (χ0v) is 8.61. The first-order valence-corrected chi connectivity index (χ1v) is 5.19. The van der Waals surface area contributed by atoms with E-state index in [9.17, 15) is 0 Å². The van der Waals surface area contributed by atoms with E-state index in [1.807, 2.05) is 24.0 Å². The van der Waals surface area contributed by atoms with E-state index in [2.05, 4.69) is 11.2 Å². The molecule has 0 saturated heterocycles. The van der Waals surface area contributed by atoms with E-state index in [4.69, 9.17) is 5.73 Å². The molecule has 1 unspecified atom stereocenters. The lowest BCUT2D eigenvalue weighted by molar-refractivity contribution is 0.520. The Kier molecular flexibility index (Phi) is 2.68. The van der Waals surface area contributed by atoms with Gasteiger partial charge in [0.2, 0.25) is 0 Å². The van der Waals surface area contributed by atoms with Gasteiger partial charge in [0, 0.05) is 19.3 Å². The van der Waals surface area contributed by atoms with Crippen molar-refractivity contribution in [2.45, 2.75) is 31.7 Å². The Labute approximate surface area is 84.6 Å². The smallest absolute Gasteiger partial charge is 0.0850 e. The van der Waals surface area contributed by atoms with Gasteiger partial charge in [-0.3, -0.25) is 4.68 Å². The van der Waals surface area contributed by atoms with Gasteiger partial charge in [-0.05, 0) is 37.8 Å². The van der Waals surface area contributed by atoms with Crippen molar-refractivity contribution in [2.75, 3.05) is 0 Å². The predicted molar refractivity (Wildman–Crippen MR) is 57.6 cm³/mol. The molecule has 1 aromatic rings. The summed E-state index contributed by atoms with van der Waals surface area (Å²) < 4.78 is 1.83. The molecule has 2 rings (SSSR count). The summed E-state index contributed by atoms with van der Waals surface area (Å²) in [5, 5.41) is 4.33. The predicted octanol–water partition coefficient (Wildman–Crippen LogP) is 1.70. The Morgan fingerprint density at radius 1 is 1.64 bits per heavy atom. The first kappa shape index (κ1) is 9.46. The second-order valence-corrected chi connectivity index (χ2v) is 4.07. The van der Waals surface area contributed by atoms with Crippen LogP contribution in [-0.4, -0.2) is 15.8 Å². The van der Waals surface area contributed by atoms with Gasteiger partial charge >= 0.3 is 0 Å². The molecule has 0 bridgehead atoms. The minimum atomic E-state index is 0.360. The number of rotatable bonds is 1. The van der Waals surface area contributed by atoms with Gasteiger partial charge in [0.25, 0.3) is 0 Å². The van der Waals surface area contributed by atoms with E-state index >= 15 is 0 Å². The summed E-state index contributed by atoms with van der Waals surface area (Å²) in [6, 6.07) is 2.39. The van der Waals surface area contributed by atoms with E-state index in [0.717, 1.165) is 12.1 Å². The molecule has 1 aliphatic carbocycles. The maximum Gasteiger partial charge on any atom is 0.0850 e. The Morgan fingerprint density at radius 3 is 3.14 bits per heavy atom. The van der Waals surface area contributed by atoms with E-state index in [-0.39, 0.29) is 0 Å². The van der Waals surface area contributed by atoms with Crippen LogP contribution < -0.4 is 5.73 Å². The van der Waals surface area contributed by atoms with Gasteiger partial charge in [-0.15, -0.1) is 0 Å². The molecule has 3 heteroatoms. The molecule has 1 aromatic heterocycles. The Balaban J connectivity index is 2.09. The van der Waals surface area contributed by atoms with Crippen molar-refractivity contribution < 1.29 is 0 Å². The number of nitrogens with zero attached hydrogens (tertiary/aromatic N) is 2. The van der Waals surface area contributed by atoms with Crippen LogP contribution in [0.3, 0.4) is 0 Å². The molecule has 3 nitrogen and oxygen atoms in total. The van der Waals surface area contributed by atoms with Gasteiger partial charge in [0.15, 0.2) is 0 Å². The number of hydrogen-bond donors (Lipinski definition) is 1. The van der Waals surface area contributed by atoms with Crippen molar-refractivity contribution in [3.63, 3.8) is 0 Å². The SMILES string of the molecule is Cn1ccc(/C=C2/CCCC(N)C2)n1. The summed E-state index contributed by atoms with van der Waals surface area (Å²) in [6.45, 7) is 0. The lowest BCUT2D eigenvalue weighted by atomic mass is 9.91. The fraction of sp³-hybridized carbons (Fsp3) is 0.545. The summed E-state index contributed by atoms with van der Waals surface area (Å²) >= 11 is 0. The van der Waals surface area contributed by atoms with Crippen LogP contribution in [0.1, 0.15) is 31.4 Å². The van der Waals surface area contributed by atoms with Crippen molar-refractivity contribution in [1.82, 2.24) is 9.78 Å². The van der Waals surface area contributed by atoms with Crippen molar-refractivity contribution in [3.8, 4) is 0 Å². The maximum absolute atomic E-state index is 5.92. The average molecular weight is 191 g/mol. The average Bonchev–Trinajstić information content (AvgIpc) is 2.51. The van der Waals surface area contributed by atoms with Crippen LogP contribution in [0.2, 0.25) is 0 Å². The van der Waals surface area contributed by atoms with Crippen molar-refractivity contribution >= 4 is 6.08 Å². The number of aryl methyl sites for hydroxylation is 1. The lowest BCUT2D eigenvalue weighted by Gasteiger charge is -2.19. The van der Waals surface area contributed by atoms with Crippen molar-refractivity contribution in [2.24, 2.45) is 12.8 Å². The summed E-state index contributed by atoms with van der Waals surface area (Å²) in [7, 11) is 1.94. The van der Waals surface area contributed by atoms with Crippen molar-refractivity contribution in [1.29, 1.82) is 0 Å². The van der Waals surface area contributed by atoms with Gasteiger partial charge in [-0.1, -0.05) is 5.57 Å². The first-order valence-electron chi connectivity index (χ1n) is 5.19. The van der Waals surface area contributed by atoms with Crippen LogP contribution in [0, 0.1) is 0 Å². The van der Waals surface area contributed by atoms with Gasteiger partial charge in [-0.2, -0.15) is 5.10 Å². The molecule has 76 valence electrons. The Morgan fingerprint density at radius 2 is 2.50 bits per heavy atom. The highest BCUT2D eigenvalue weighted by Crippen LogP contribution is 2.23. The molecule has 0 aliphatic heterocycles. The van der Waals surface area contributed by atoms with Gasteiger partial charge in [0.05, 0.1) is 5.69 Å². The summed E-state index contributed by atoms with van der Waals surface area (Å²) in [4.78, 5) is 0. The van der Waals surface area contributed by atoms with E-state index < -0.39 is 0 Å². The quantitative estimate of drug-likeness (QED) is 0.734. The van der Waals surface area contributed by atoms with Crippen LogP contribution >= 0.6 is 0 Å². The number of aromatic nitrogens is 2. The second kappa shape index (κ2) is 3.96. The second-order valence-electron chi connectivity index (χ2n) is 4.07. The highest BCUT2D eigenvalue weighted by Gasteiger charge is 2.12. The van der Waals surface area contributed by atoms with Crippen LogP contribution in [-0.2, 0) is 7.05 Å². The van der Waals surface area contributed by atoms with Crippen LogP contribution in [0.4, 0.5) is 0 Å². The Bertz CT molecular complexity index is 338. The van der Waals surface area contributed by atoms with Gasteiger partial charge < -0.3 is 5.73 Å². The molecule has 1 heterocycles.